The summed E-state index contributed by atoms with van der Waals surface area (Å²) in [6.45, 7) is 3.80. The summed E-state index contributed by atoms with van der Waals surface area (Å²) in [6.07, 6.45) is -0.629. The van der Waals surface area contributed by atoms with Crippen molar-refractivity contribution in [3.8, 4) is 0 Å². The summed E-state index contributed by atoms with van der Waals surface area (Å²) in [4.78, 5) is 21.6. The van der Waals surface area contributed by atoms with Crippen LogP contribution in [0.3, 0.4) is 0 Å². The minimum absolute atomic E-state index is 0.0399. The standard InChI is InChI=1S/C12H17N3O4/c1-8(2)11(16)7-13-12(17)14-9-4-3-5-10(6-9)15(18)19/h3-6,8,11,16H,7H2,1-2H3,(H2,13,14,17). The van der Waals surface area contributed by atoms with E-state index in [0.717, 1.165) is 0 Å². The van der Waals surface area contributed by atoms with Gasteiger partial charge in [-0.3, -0.25) is 10.1 Å². The van der Waals surface area contributed by atoms with E-state index in [2.05, 4.69) is 10.6 Å². The number of urea groups is 1. The highest BCUT2D eigenvalue weighted by molar-refractivity contribution is 5.89. The van der Waals surface area contributed by atoms with Gasteiger partial charge in [-0.2, -0.15) is 0 Å². The summed E-state index contributed by atoms with van der Waals surface area (Å²) in [7, 11) is 0. The molecular formula is C12H17N3O4. The van der Waals surface area contributed by atoms with Crippen molar-refractivity contribution in [1.82, 2.24) is 5.32 Å². The molecule has 0 heterocycles. The first-order valence-corrected chi connectivity index (χ1v) is 5.87. The third-order valence-corrected chi connectivity index (χ3v) is 2.56. The van der Waals surface area contributed by atoms with E-state index < -0.39 is 17.1 Å². The van der Waals surface area contributed by atoms with Crippen molar-refractivity contribution in [1.29, 1.82) is 0 Å². The number of nitrogens with zero attached hydrogens (tertiary/aromatic N) is 1. The van der Waals surface area contributed by atoms with Gasteiger partial charge in [-0.05, 0) is 12.0 Å². The average Bonchev–Trinajstić information content (AvgIpc) is 2.36. The van der Waals surface area contributed by atoms with Gasteiger partial charge in [-0.15, -0.1) is 0 Å². The molecule has 0 aromatic heterocycles. The lowest BCUT2D eigenvalue weighted by Gasteiger charge is -2.15. The smallest absolute Gasteiger partial charge is 0.319 e. The fraction of sp³-hybridized carbons (Fsp3) is 0.417. The Kier molecular flexibility index (Phi) is 5.25. The van der Waals surface area contributed by atoms with Gasteiger partial charge in [-0.25, -0.2) is 4.79 Å². The summed E-state index contributed by atoms with van der Waals surface area (Å²) in [6, 6.07) is 5.12. The molecule has 1 aromatic carbocycles. The maximum atomic E-state index is 11.5. The molecule has 1 aromatic rings. The Bertz CT molecular complexity index is 462. The van der Waals surface area contributed by atoms with Crippen LogP contribution < -0.4 is 10.6 Å². The molecule has 3 N–H and O–H groups in total. The number of nitrogens with one attached hydrogen (secondary N) is 2. The zero-order valence-corrected chi connectivity index (χ0v) is 10.8. The van der Waals surface area contributed by atoms with E-state index >= 15 is 0 Å². The van der Waals surface area contributed by atoms with Crippen LogP contribution in [-0.2, 0) is 0 Å². The van der Waals surface area contributed by atoms with Crippen molar-refractivity contribution in [2.24, 2.45) is 5.92 Å². The summed E-state index contributed by atoms with van der Waals surface area (Å²) >= 11 is 0. The highest BCUT2D eigenvalue weighted by Crippen LogP contribution is 2.16. The van der Waals surface area contributed by atoms with Crippen LogP contribution in [-0.4, -0.2) is 28.7 Å². The number of hydrogen-bond acceptors (Lipinski definition) is 4. The average molecular weight is 267 g/mol. The highest BCUT2D eigenvalue weighted by Gasteiger charge is 2.11. The predicted molar refractivity (Wildman–Crippen MR) is 71.0 cm³/mol. The third-order valence-electron chi connectivity index (χ3n) is 2.56. The molecule has 0 saturated heterocycles. The van der Waals surface area contributed by atoms with E-state index in [1.807, 2.05) is 13.8 Å². The van der Waals surface area contributed by atoms with Gasteiger partial charge in [0.25, 0.3) is 5.69 Å². The van der Waals surface area contributed by atoms with Crippen molar-refractivity contribution in [2.75, 3.05) is 11.9 Å². The fourth-order valence-corrected chi connectivity index (χ4v) is 1.31. The normalized spacial score (nSPS) is 12.0. The number of non-ortho nitro benzene ring substituents is 1. The SMILES string of the molecule is CC(C)C(O)CNC(=O)Nc1cccc([N+](=O)[O-])c1. The number of benzene rings is 1. The minimum atomic E-state index is -0.629. The molecule has 0 aliphatic heterocycles. The van der Waals surface area contributed by atoms with Crippen LogP contribution in [0.2, 0.25) is 0 Å². The molecule has 0 aliphatic rings. The molecule has 1 atom stereocenters. The van der Waals surface area contributed by atoms with E-state index in [1.54, 1.807) is 6.07 Å². The molecule has 0 bridgehead atoms. The van der Waals surface area contributed by atoms with Gasteiger partial charge in [-0.1, -0.05) is 19.9 Å². The molecule has 104 valence electrons. The van der Waals surface area contributed by atoms with Gasteiger partial charge in [0, 0.05) is 24.4 Å². The third kappa shape index (κ3) is 4.92. The van der Waals surface area contributed by atoms with Crippen LogP contribution in [0.15, 0.2) is 24.3 Å². The van der Waals surface area contributed by atoms with E-state index in [-0.39, 0.29) is 18.2 Å². The number of aliphatic hydroxyl groups is 1. The quantitative estimate of drug-likeness (QED) is 0.558. The summed E-state index contributed by atoms with van der Waals surface area (Å²) in [5.74, 6) is 0.0399. The van der Waals surface area contributed by atoms with Gasteiger partial charge < -0.3 is 15.7 Å². The maximum absolute atomic E-state index is 11.5. The summed E-state index contributed by atoms with van der Waals surface area (Å²) in [5, 5.41) is 25.1. The number of rotatable bonds is 5. The second-order valence-electron chi connectivity index (χ2n) is 4.45. The molecule has 7 nitrogen and oxygen atoms in total. The Morgan fingerprint density at radius 3 is 2.74 bits per heavy atom. The van der Waals surface area contributed by atoms with Gasteiger partial charge in [0.05, 0.1) is 11.0 Å². The first-order chi connectivity index (χ1) is 8.90. The molecule has 1 unspecified atom stereocenters. The van der Waals surface area contributed by atoms with Crippen LogP contribution >= 0.6 is 0 Å². The van der Waals surface area contributed by atoms with Crippen LogP contribution in [0.25, 0.3) is 0 Å². The monoisotopic (exact) mass is 267 g/mol. The molecule has 7 heteroatoms. The lowest BCUT2D eigenvalue weighted by Crippen LogP contribution is -2.37. The van der Waals surface area contributed by atoms with Gasteiger partial charge >= 0.3 is 6.03 Å². The van der Waals surface area contributed by atoms with E-state index in [0.29, 0.717) is 5.69 Å². The number of amides is 2. The molecule has 0 spiro atoms. The minimum Gasteiger partial charge on any atom is -0.391 e. The van der Waals surface area contributed by atoms with Crippen LogP contribution in [0.5, 0.6) is 0 Å². The molecule has 1 rings (SSSR count). The Hall–Kier alpha value is -2.15. The number of hydrogen-bond donors (Lipinski definition) is 3. The number of nitro groups is 1. The van der Waals surface area contributed by atoms with Crippen molar-refractivity contribution < 1.29 is 14.8 Å². The summed E-state index contributed by atoms with van der Waals surface area (Å²) < 4.78 is 0. The van der Waals surface area contributed by atoms with Crippen LogP contribution in [0.4, 0.5) is 16.2 Å². The van der Waals surface area contributed by atoms with Gasteiger partial charge in [0.15, 0.2) is 0 Å². The lowest BCUT2D eigenvalue weighted by molar-refractivity contribution is -0.384. The fourth-order valence-electron chi connectivity index (χ4n) is 1.31. The van der Waals surface area contributed by atoms with Crippen LogP contribution in [0, 0.1) is 16.0 Å². The predicted octanol–water partition coefficient (Wildman–Crippen LogP) is 1.73. The van der Waals surface area contributed by atoms with Crippen molar-refractivity contribution in [3.05, 3.63) is 34.4 Å². The van der Waals surface area contributed by atoms with E-state index in [4.69, 9.17) is 0 Å². The lowest BCUT2D eigenvalue weighted by atomic mass is 10.1. The Balaban J connectivity index is 2.53. The van der Waals surface area contributed by atoms with Crippen molar-refractivity contribution in [2.45, 2.75) is 20.0 Å². The molecule has 0 aliphatic carbocycles. The topological polar surface area (TPSA) is 104 Å². The highest BCUT2D eigenvalue weighted by atomic mass is 16.6. The van der Waals surface area contributed by atoms with Crippen molar-refractivity contribution >= 4 is 17.4 Å². The molecule has 2 amide bonds. The van der Waals surface area contributed by atoms with E-state index in [9.17, 15) is 20.0 Å². The first-order valence-electron chi connectivity index (χ1n) is 5.87. The molecule has 0 saturated carbocycles. The second-order valence-corrected chi connectivity index (χ2v) is 4.45. The molecule has 0 fully saturated rings. The number of carbonyl (C=O) groups excluding carboxylic acids is 1. The molecule has 19 heavy (non-hydrogen) atoms. The van der Waals surface area contributed by atoms with Gasteiger partial charge in [0.1, 0.15) is 0 Å². The number of carbonyl (C=O) groups is 1. The first kappa shape index (κ1) is 14.9. The number of aliphatic hydroxyl groups excluding tert-OH is 1. The van der Waals surface area contributed by atoms with E-state index in [1.165, 1.54) is 18.2 Å². The molecular weight excluding hydrogens is 250 g/mol. The van der Waals surface area contributed by atoms with Gasteiger partial charge in [0.2, 0.25) is 0 Å². The zero-order chi connectivity index (χ0) is 14.4. The molecule has 0 radical (unpaired) electrons. The number of nitro benzene ring substituents is 1. The zero-order valence-electron chi connectivity index (χ0n) is 10.8. The summed E-state index contributed by atoms with van der Waals surface area (Å²) in [5.41, 5.74) is 0.228. The Labute approximate surface area is 110 Å². The Morgan fingerprint density at radius 2 is 2.16 bits per heavy atom. The Morgan fingerprint density at radius 1 is 1.47 bits per heavy atom. The maximum Gasteiger partial charge on any atom is 0.319 e. The largest absolute Gasteiger partial charge is 0.391 e. The van der Waals surface area contributed by atoms with Crippen LogP contribution in [0.1, 0.15) is 13.8 Å². The number of anilines is 1. The second kappa shape index (κ2) is 6.69. The van der Waals surface area contributed by atoms with Crippen molar-refractivity contribution in [3.63, 3.8) is 0 Å².